The van der Waals surface area contributed by atoms with Crippen molar-refractivity contribution in [2.24, 2.45) is 0 Å². The maximum atomic E-state index is 12.0. The largest absolute Gasteiger partial charge is 0.507 e. The van der Waals surface area contributed by atoms with Crippen LogP contribution in [0.25, 0.3) is 0 Å². The van der Waals surface area contributed by atoms with Crippen LogP contribution in [-0.4, -0.2) is 23.5 Å². The highest BCUT2D eigenvalue weighted by atomic mass is 16.5. The molecule has 0 spiro atoms. The molecular formula is C18H18O4. The van der Waals surface area contributed by atoms with E-state index >= 15 is 0 Å². The van der Waals surface area contributed by atoms with Crippen LogP contribution in [0.4, 0.5) is 0 Å². The first-order valence-electron chi connectivity index (χ1n) is 7.10. The van der Waals surface area contributed by atoms with Gasteiger partial charge in [-0.3, -0.25) is 4.79 Å². The Hall–Kier alpha value is -2.62. The lowest BCUT2D eigenvalue weighted by molar-refractivity contribution is 0.0472. The number of Topliss-reactive ketones (excluding diaryl/α,β-unsaturated/α-hetero) is 1. The van der Waals surface area contributed by atoms with Crippen molar-refractivity contribution in [3.8, 4) is 5.75 Å². The molecule has 0 aliphatic carbocycles. The molecule has 0 heterocycles. The molecule has 114 valence electrons. The number of esters is 1. The van der Waals surface area contributed by atoms with Crippen molar-refractivity contribution in [3.05, 3.63) is 64.7 Å². The molecule has 0 atom stereocenters. The van der Waals surface area contributed by atoms with Gasteiger partial charge in [-0.25, -0.2) is 4.79 Å². The van der Waals surface area contributed by atoms with Crippen molar-refractivity contribution in [3.63, 3.8) is 0 Å². The molecule has 4 nitrogen and oxygen atoms in total. The monoisotopic (exact) mass is 298 g/mol. The van der Waals surface area contributed by atoms with Gasteiger partial charge in [-0.1, -0.05) is 37.3 Å². The predicted molar refractivity (Wildman–Crippen MR) is 83.3 cm³/mol. The van der Waals surface area contributed by atoms with Crippen LogP contribution in [0.15, 0.2) is 42.5 Å². The number of carbonyl (C=O) groups excluding carboxylic acids is 2. The van der Waals surface area contributed by atoms with Crippen LogP contribution >= 0.6 is 0 Å². The van der Waals surface area contributed by atoms with E-state index in [1.165, 1.54) is 12.1 Å². The zero-order chi connectivity index (χ0) is 16.1. The molecular weight excluding hydrogens is 280 g/mol. The summed E-state index contributed by atoms with van der Waals surface area (Å²) in [4.78, 5) is 23.9. The van der Waals surface area contributed by atoms with Gasteiger partial charge in [0.1, 0.15) is 11.3 Å². The molecule has 0 bridgehead atoms. The average Bonchev–Trinajstić information content (AvgIpc) is 2.52. The summed E-state index contributed by atoms with van der Waals surface area (Å²) in [6.45, 7) is 3.49. The summed E-state index contributed by atoms with van der Waals surface area (Å²) < 4.78 is 4.97. The maximum Gasteiger partial charge on any atom is 0.342 e. The minimum absolute atomic E-state index is 0.0553. The molecule has 2 aromatic rings. The molecule has 0 unspecified atom stereocenters. The van der Waals surface area contributed by atoms with Crippen molar-refractivity contribution < 1.29 is 19.4 Å². The third kappa shape index (κ3) is 3.73. The van der Waals surface area contributed by atoms with Gasteiger partial charge in [0, 0.05) is 5.56 Å². The van der Waals surface area contributed by atoms with Crippen molar-refractivity contribution in [2.45, 2.75) is 20.3 Å². The van der Waals surface area contributed by atoms with Crippen LogP contribution in [-0.2, 0) is 11.2 Å². The second kappa shape index (κ2) is 6.89. The summed E-state index contributed by atoms with van der Waals surface area (Å²) in [6.07, 6.45) is 0.899. The van der Waals surface area contributed by atoms with Gasteiger partial charge < -0.3 is 9.84 Å². The average molecular weight is 298 g/mol. The third-order valence-corrected chi connectivity index (χ3v) is 3.39. The molecule has 0 aliphatic heterocycles. The first-order valence-corrected chi connectivity index (χ1v) is 7.10. The number of ketones is 1. The van der Waals surface area contributed by atoms with Crippen LogP contribution in [0.1, 0.15) is 38.8 Å². The summed E-state index contributed by atoms with van der Waals surface area (Å²) in [6, 6.07) is 11.8. The number of aryl methyl sites for hydroxylation is 2. The van der Waals surface area contributed by atoms with Crippen molar-refractivity contribution in [2.75, 3.05) is 6.61 Å². The highest BCUT2D eigenvalue weighted by Crippen LogP contribution is 2.19. The number of carbonyl (C=O) groups is 2. The Bertz CT molecular complexity index is 687. The van der Waals surface area contributed by atoms with Crippen LogP contribution in [0.5, 0.6) is 5.75 Å². The predicted octanol–water partition coefficient (Wildman–Crippen LogP) is 3.30. The molecule has 0 radical (unpaired) electrons. The van der Waals surface area contributed by atoms with E-state index in [2.05, 4.69) is 0 Å². The number of aromatic hydroxyl groups is 1. The van der Waals surface area contributed by atoms with Gasteiger partial charge in [0.15, 0.2) is 12.4 Å². The molecule has 2 rings (SSSR count). The molecule has 0 amide bonds. The molecule has 2 aromatic carbocycles. The fourth-order valence-electron chi connectivity index (χ4n) is 2.03. The number of ether oxygens (including phenoxy) is 1. The molecule has 0 aromatic heterocycles. The second-order valence-corrected chi connectivity index (χ2v) is 5.07. The summed E-state index contributed by atoms with van der Waals surface area (Å²) in [5.41, 5.74) is 2.53. The lowest BCUT2D eigenvalue weighted by Gasteiger charge is -2.07. The number of benzene rings is 2. The fraction of sp³-hybridized carbons (Fsp3) is 0.222. The smallest absolute Gasteiger partial charge is 0.342 e. The van der Waals surface area contributed by atoms with E-state index in [9.17, 15) is 14.7 Å². The van der Waals surface area contributed by atoms with Crippen LogP contribution < -0.4 is 0 Å². The van der Waals surface area contributed by atoms with Gasteiger partial charge in [-0.2, -0.15) is 0 Å². The van der Waals surface area contributed by atoms with E-state index in [1.807, 2.05) is 19.1 Å². The first kappa shape index (κ1) is 15.8. The molecule has 0 aliphatic rings. The lowest BCUT2D eigenvalue weighted by atomic mass is 10.1. The Morgan fingerprint density at radius 1 is 1.09 bits per heavy atom. The van der Waals surface area contributed by atoms with Crippen molar-refractivity contribution >= 4 is 11.8 Å². The van der Waals surface area contributed by atoms with E-state index in [0.717, 1.165) is 17.5 Å². The standard InChI is InChI=1S/C18H18O4/c1-3-13-5-7-14(8-6-13)17(20)11-22-18(21)15-9-4-12(2)10-16(15)19/h4-10,19H,3,11H2,1-2H3. The zero-order valence-corrected chi connectivity index (χ0v) is 12.6. The summed E-state index contributed by atoms with van der Waals surface area (Å²) in [5, 5.41) is 9.72. The Kier molecular flexibility index (Phi) is 4.94. The Morgan fingerprint density at radius 2 is 1.77 bits per heavy atom. The van der Waals surface area contributed by atoms with Crippen LogP contribution in [0.2, 0.25) is 0 Å². The van der Waals surface area contributed by atoms with Crippen LogP contribution in [0, 0.1) is 6.92 Å². The normalized spacial score (nSPS) is 10.3. The van der Waals surface area contributed by atoms with E-state index in [1.54, 1.807) is 25.1 Å². The Labute approximate surface area is 129 Å². The molecule has 1 N–H and O–H groups in total. The fourth-order valence-corrected chi connectivity index (χ4v) is 2.03. The van der Waals surface area contributed by atoms with Gasteiger partial charge in [-0.15, -0.1) is 0 Å². The Balaban J connectivity index is 1.99. The highest BCUT2D eigenvalue weighted by molar-refractivity contribution is 5.99. The molecule has 22 heavy (non-hydrogen) atoms. The van der Waals surface area contributed by atoms with E-state index in [4.69, 9.17) is 4.74 Å². The van der Waals surface area contributed by atoms with Gasteiger partial charge >= 0.3 is 5.97 Å². The molecule has 0 saturated heterocycles. The Morgan fingerprint density at radius 3 is 2.36 bits per heavy atom. The SMILES string of the molecule is CCc1ccc(C(=O)COC(=O)c2ccc(C)cc2O)cc1. The highest BCUT2D eigenvalue weighted by Gasteiger charge is 2.15. The van der Waals surface area contributed by atoms with E-state index < -0.39 is 5.97 Å². The minimum Gasteiger partial charge on any atom is -0.507 e. The molecule has 0 fully saturated rings. The second-order valence-electron chi connectivity index (χ2n) is 5.07. The lowest BCUT2D eigenvalue weighted by Crippen LogP contribution is -2.14. The molecule has 0 saturated carbocycles. The number of phenols is 1. The number of rotatable bonds is 5. The van der Waals surface area contributed by atoms with Crippen molar-refractivity contribution in [1.29, 1.82) is 0 Å². The van der Waals surface area contributed by atoms with E-state index in [0.29, 0.717) is 5.56 Å². The van der Waals surface area contributed by atoms with Gasteiger partial charge in [0.2, 0.25) is 0 Å². The molecule has 4 heteroatoms. The summed E-state index contributed by atoms with van der Waals surface area (Å²) in [5.74, 6) is -1.14. The van der Waals surface area contributed by atoms with Gasteiger partial charge in [0.25, 0.3) is 0 Å². The minimum atomic E-state index is -0.712. The summed E-state index contributed by atoms with van der Waals surface area (Å²) in [7, 11) is 0. The number of phenolic OH excluding ortho intramolecular Hbond substituents is 1. The quantitative estimate of drug-likeness (QED) is 0.679. The first-order chi connectivity index (χ1) is 10.5. The van der Waals surface area contributed by atoms with E-state index in [-0.39, 0.29) is 23.7 Å². The van der Waals surface area contributed by atoms with Gasteiger partial charge in [-0.05, 0) is 36.6 Å². The van der Waals surface area contributed by atoms with Crippen LogP contribution in [0.3, 0.4) is 0 Å². The summed E-state index contributed by atoms with van der Waals surface area (Å²) >= 11 is 0. The maximum absolute atomic E-state index is 12.0. The van der Waals surface area contributed by atoms with Crippen molar-refractivity contribution in [1.82, 2.24) is 0 Å². The van der Waals surface area contributed by atoms with Gasteiger partial charge in [0.05, 0.1) is 0 Å². The zero-order valence-electron chi connectivity index (χ0n) is 12.6. The third-order valence-electron chi connectivity index (χ3n) is 3.39. The topological polar surface area (TPSA) is 63.6 Å². The number of hydrogen-bond donors (Lipinski definition) is 1. The number of hydrogen-bond acceptors (Lipinski definition) is 4.